The van der Waals surface area contributed by atoms with Crippen molar-refractivity contribution in [2.75, 3.05) is 6.26 Å². The highest BCUT2D eigenvalue weighted by atomic mass is 32.2. The highest BCUT2D eigenvalue weighted by Gasteiger charge is 2.44. The minimum atomic E-state index is -3.43. The quantitative estimate of drug-likeness (QED) is 0.881. The van der Waals surface area contributed by atoms with Crippen LogP contribution in [0.2, 0.25) is 0 Å². The van der Waals surface area contributed by atoms with E-state index in [2.05, 4.69) is 0 Å². The predicted octanol–water partition coefficient (Wildman–Crippen LogP) is 1.69. The van der Waals surface area contributed by atoms with Crippen LogP contribution in [0.1, 0.15) is 31.2 Å². The van der Waals surface area contributed by atoms with Crippen LogP contribution in [0.3, 0.4) is 0 Å². The molecule has 0 aromatic heterocycles. The Morgan fingerprint density at radius 2 is 1.84 bits per heavy atom. The van der Waals surface area contributed by atoms with Gasteiger partial charge in [0, 0.05) is 11.8 Å². The van der Waals surface area contributed by atoms with E-state index in [1.54, 1.807) is 0 Å². The lowest BCUT2D eigenvalue weighted by atomic mass is 9.78. The van der Waals surface area contributed by atoms with Gasteiger partial charge >= 0.3 is 5.97 Å². The summed E-state index contributed by atoms with van der Waals surface area (Å²) in [7, 11) is -3.43. The van der Waals surface area contributed by atoms with E-state index >= 15 is 0 Å². The smallest absolute Gasteiger partial charge is 0.314 e. The first-order valence-electron chi connectivity index (χ1n) is 6.04. The molecule has 0 spiro atoms. The van der Waals surface area contributed by atoms with Gasteiger partial charge in [-0.3, -0.25) is 4.79 Å². The van der Waals surface area contributed by atoms with Crippen LogP contribution in [0, 0.1) is 0 Å². The molecular formula is C13H16O5S. The molecule has 1 aromatic carbocycles. The Hall–Kier alpha value is -1.56. The van der Waals surface area contributed by atoms with Crippen LogP contribution in [0.15, 0.2) is 23.1 Å². The maximum Gasteiger partial charge on any atom is 0.314 e. The van der Waals surface area contributed by atoms with Gasteiger partial charge in [0.2, 0.25) is 0 Å². The molecule has 0 radical (unpaired) electrons. The van der Waals surface area contributed by atoms with Crippen molar-refractivity contribution >= 4 is 15.8 Å². The average Bonchev–Trinajstić information content (AvgIpc) is 2.78. The maximum atomic E-state index is 11.6. The van der Waals surface area contributed by atoms with Crippen LogP contribution in [0.5, 0.6) is 5.75 Å². The number of carboxylic acid groups (broad SMARTS) is 1. The molecule has 1 aromatic rings. The zero-order valence-corrected chi connectivity index (χ0v) is 11.4. The fourth-order valence-corrected chi connectivity index (χ4v) is 3.35. The Morgan fingerprint density at radius 3 is 2.32 bits per heavy atom. The van der Waals surface area contributed by atoms with E-state index in [4.69, 9.17) is 0 Å². The van der Waals surface area contributed by atoms with Gasteiger partial charge in [-0.1, -0.05) is 12.8 Å². The summed E-state index contributed by atoms with van der Waals surface area (Å²) in [6, 6.07) is 3.84. The first-order valence-corrected chi connectivity index (χ1v) is 7.93. The van der Waals surface area contributed by atoms with Gasteiger partial charge in [0.1, 0.15) is 5.75 Å². The number of benzene rings is 1. The van der Waals surface area contributed by atoms with Crippen LogP contribution < -0.4 is 0 Å². The van der Waals surface area contributed by atoms with Crippen LogP contribution in [0.25, 0.3) is 0 Å². The molecule has 0 heterocycles. The molecule has 1 aliphatic rings. The van der Waals surface area contributed by atoms with Crippen molar-refractivity contribution in [2.24, 2.45) is 0 Å². The fourth-order valence-electron chi connectivity index (χ4n) is 2.71. The molecule has 0 bridgehead atoms. The third-order valence-electron chi connectivity index (χ3n) is 3.78. The third kappa shape index (κ3) is 2.32. The molecule has 0 aliphatic heterocycles. The molecule has 2 N–H and O–H groups in total. The summed E-state index contributed by atoms with van der Waals surface area (Å²) in [6.45, 7) is 0. The highest BCUT2D eigenvalue weighted by molar-refractivity contribution is 7.90. The van der Waals surface area contributed by atoms with Crippen LogP contribution in [-0.2, 0) is 20.0 Å². The minimum Gasteiger partial charge on any atom is -0.508 e. The zero-order valence-electron chi connectivity index (χ0n) is 10.6. The lowest BCUT2D eigenvalue weighted by Crippen LogP contribution is -2.32. The molecular weight excluding hydrogens is 268 g/mol. The summed E-state index contributed by atoms with van der Waals surface area (Å²) in [6.07, 6.45) is 3.42. The molecule has 6 heteroatoms. The minimum absolute atomic E-state index is 0.0350. The standard InChI is InChI=1S/C13H16O5S/c1-19(17,18)9-4-5-11(14)10(8-9)13(12(15)16)6-2-3-7-13/h4-5,8,14H,2-3,6-7H2,1H3,(H,15,16). The molecule has 104 valence electrons. The number of hydrogen-bond acceptors (Lipinski definition) is 4. The summed E-state index contributed by atoms with van der Waals surface area (Å²) in [5.74, 6) is -1.16. The molecule has 19 heavy (non-hydrogen) atoms. The van der Waals surface area contributed by atoms with E-state index in [1.807, 2.05) is 0 Å². The van der Waals surface area contributed by atoms with Crippen molar-refractivity contribution in [1.29, 1.82) is 0 Å². The topological polar surface area (TPSA) is 91.7 Å². The number of aliphatic carboxylic acids is 1. The van der Waals surface area contributed by atoms with Gasteiger partial charge in [-0.25, -0.2) is 8.42 Å². The van der Waals surface area contributed by atoms with E-state index in [-0.39, 0.29) is 16.2 Å². The second-order valence-electron chi connectivity index (χ2n) is 5.05. The van der Waals surface area contributed by atoms with Crippen LogP contribution >= 0.6 is 0 Å². The number of carboxylic acids is 1. The van der Waals surface area contributed by atoms with Gasteiger partial charge in [-0.15, -0.1) is 0 Å². The largest absolute Gasteiger partial charge is 0.508 e. The van der Waals surface area contributed by atoms with E-state index < -0.39 is 21.2 Å². The molecule has 1 fully saturated rings. The van der Waals surface area contributed by atoms with Gasteiger partial charge < -0.3 is 10.2 Å². The van der Waals surface area contributed by atoms with Gasteiger partial charge in [0.15, 0.2) is 9.84 Å². The van der Waals surface area contributed by atoms with Gasteiger partial charge in [-0.05, 0) is 31.0 Å². The summed E-state index contributed by atoms with van der Waals surface area (Å²) >= 11 is 0. The Labute approximate surface area is 111 Å². The normalized spacial score (nSPS) is 18.4. The predicted molar refractivity (Wildman–Crippen MR) is 69.0 cm³/mol. The lowest BCUT2D eigenvalue weighted by molar-refractivity contribution is -0.143. The van der Waals surface area contributed by atoms with Crippen LogP contribution in [0.4, 0.5) is 0 Å². The summed E-state index contributed by atoms with van der Waals surface area (Å²) in [5.41, 5.74) is -0.953. The first-order chi connectivity index (χ1) is 8.77. The molecule has 0 saturated heterocycles. The van der Waals surface area contributed by atoms with Crippen molar-refractivity contribution in [3.8, 4) is 5.75 Å². The van der Waals surface area contributed by atoms with Gasteiger partial charge in [0.25, 0.3) is 0 Å². The lowest BCUT2D eigenvalue weighted by Gasteiger charge is -2.25. The van der Waals surface area contributed by atoms with Crippen molar-refractivity contribution < 1.29 is 23.4 Å². The molecule has 2 rings (SSSR count). The maximum absolute atomic E-state index is 11.6. The molecule has 1 aliphatic carbocycles. The zero-order chi connectivity index (χ0) is 14.3. The highest BCUT2D eigenvalue weighted by Crippen LogP contribution is 2.45. The molecule has 1 saturated carbocycles. The van der Waals surface area contributed by atoms with E-state index in [0.29, 0.717) is 12.8 Å². The Bertz CT molecular complexity index is 612. The number of aromatic hydroxyl groups is 1. The van der Waals surface area contributed by atoms with Crippen molar-refractivity contribution in [1.82, 2.24) is 0 Å². The Morgan fingerprint density at radius 1 is 1.26 bits per heavy atom. The van der Waals surface area contributed by atoms with Gasteiger partial charge in [0.05, 0.1) is 10.3 Å². The first kappa shape index (κ1) is 13.9. The van der Waals surface area contributed by atoms with Crippen molar-refractivity contribution in [3.05, 3.63) is 23.8 Å². The summed E-state index contributed by atoms with van der Waals surface area (Å²) in [5, 5.41) is 19.4. The van der Waals surface area contributed by atoms with Crippen LogP contribution in [-0.4, -0.2) is 30.9 Å². The van der Waals surface area contributed by atoms with E-state index in [9.17, 15) is 23.4 Å². The number of phenols is 1. The average molecular weight is 284 g/mol. The SMILES string of the molecule is CS(=O)(=O)c1ccc(O)c(C2(C(=O)O)CCCC2)c1. The second kappa shape index (κ2) is 4.52. The summed E-state index contributed by atoms with van der Waals surface area (Å²) < 4.78 is 23.1. The molecule has 0 atom stereocenters. The number of rotatable bonds is 3. The number of hydrogen-bond donors (Lipinski definition) is 2. The molecule has 0 amide bonds. The molecule has 0 unspecified atom stereocenters. The van der Waals surface area contributed by atoms with Gasteiger partial charge in [-0.2, -0.15) is 0 Å². The number of phenolic OH excluding ortho intramolecular Hbond substituents is 1. The third-order valence-corrected chi connectivity index (χ3v) is 4.89. The molecule has 5 nitrogen and oxygen atoms in total. The van der Waals surface area contributed by atoms with E-state index in [1.165, 1.54) is 18.2 Å². The Kier molecular flexibility index (Phi) is 3.30. The summed E-state index contributed by atoms with van der Waals surface area (Å²) in [4.78, 5) is 11.6. The number of carbonyl (C=O) groups is 1. The fraction of sp³-hybridized carbons (Fsp3) is 0.462. The Balaban J connectivity index is 2.64. The number of sulfone groups is 1. The monoisotopic (exact) mass is 284 g/mol. The second-order valence-corrected chi connectivity index (χ2v) is 7.06. The van der Waals surface area contributed by atoms with Crippen molar-refractivity contribution in [3.63, 3.8) is 0 Å². The van der Waals surface area contributed by atoms with E-state index in [0.717, 1.165) is 19.1 Å². The van der Waals surface area contributed by atoms with Crippen molar-refractivity contribution in [2.45, 2.75) is 36.0 Å².